The highest BCUT2D eigenvalue weighted by Crippen LogP contribution is 2.34. The largest absolute Gasteiger partial charge is 0.385 e. The van der Waals surface area contributed by atoms with Crippen LogP contribution in [0.3, 0.4) is 0 Å². The Hall–Kier alpha value is -1.04. The molecule has 2 aliphatic rings. The maximum absolute atomic E-state index is 6.04. The van der Waals surface area contributed by atoms with Crippen molar-refractivity contribution in [2.45, 2.75) is 44.2 Å². The number of halogens is 1. The van der Waals surface area contributed by atoms with E-state index in [9.17, 15) is 0 Å². The van der Waals surface area contributed by atoms with Crippen molar-refractivity contribution in [3.63, 3.8) is 0 Å². The number of fused-ring (bicyclic) bond motifs is 1. The van der Waals surface area contributed by atoms with Crippen LogP contribution in [-0.2, 0) is 4.74 Å². The zero-order valence-electron chi connectivity index (χ0n) is 16.6. The highest BCUT2D eigenvalue weighted by molar-refractivity contribution is 14.1. The first-order valence-corrected chi connectivity index (χ1v) is 11.3. The molecule has 2 aromatic heterocycles. The van der Waals surface area contributed by atoms with E-state index in [-0.39, 0.29) is 0 Å². The molecule has 1 aliphatic carbocycles. The fourth-order valence-corrected chi connectivity index (χ4v) is 5.41. The molecule has 154 valence electrons. The Morgan fingerprint density at radius 3 is 2.54 bits per heavy atom. The summed E-state index contributed by atoms with van der Waals surface area (Å²) in [5.74, 6) is 0.526. The lowest BCUT2D eigenvalue weighted by Crippen LogP contribution is -2.51. The smallest absolute Gasteiger partial charge is 0.164 e. The fraction of sp³-hybridized carbons (Fsp3) is 0.737. The molecule has 0 atom stereocenters. The first-order chi connectivity index (χ1) is 13.7. The molecule has 8 nitrogen and oxygen atoms in total. The van der Waals surface area contributed by atoms with Gasteiger partial charge in [0, 0.05) is 52.5 Å². The molecule has 2 N–H and O–H groups in total. The van der Waals surface area contributed by atoms with Gasteiger partial charge in [-0.1, -0.05) is 0 Å². The highest BCUT2D eigenvalue weighted by Gasteiger charge is 2.30. The van der Waals surface area contributed by atoms with Crippen LogP contribution in [0.25, 0.3) is 11.0 Å². The molecular weight excluding hydrogens is 469 g/mol. The third-order valence-corrected chi connectivity index (χ3v) is 6.99. The Labute approximate surface area is 179 Å². The summed E-state index contributed by atoms with van der Waals surface area (Å²) in [7, 11) is 1.78. The Bertz CT molecular complexity index is 782. The van der Waals surface area contributed by atoms with Gasteiger partial charge in [0.15, 0.2) is 5.65 Å². The predicted octanol–water partition coefficient (Wildman–Crippen LogP) is 2.15. The van der Waals surface area contributed by atoms with Gasteiger partial charge in [-0.05, 0) is 54.7 Å². The summed E-state index contributed by atoms with van der Waals surface area (Å²) in [5.41, 5.74) is 6.92. The molecule has 0 aromatic carbocycles. The number of ether oxygens (including phenoxy) is 1. The van der Waals surface area contributed by atoms with Crippen LogP contribution < -0.4 is 5.73 Å². The highest BCUT2D eigenvalue weighted by atomic mass is 127. The maximum atomic E-state index is 6.04. The molecular formula is C19H30IN7O. The van der Waals surface area contributed by atoms with Crippen LogP contribution in [0.5, 0.6) is 0 Å². The summed E-state index contributed by atoms with van der Waals surface area (Å²) in [6.07, 6.45) is 7.43. The van der Waals surface area contributed by atoms with E-state index in [0.717, 1.165) is 47.1 Å². The summed E-state index contributed by atoms with van der Waals surface area (Å²) in [6, 6.07) is 1.12. The zero-order valence-corrected chi connectivity index (χ0v) is 18.7. The van der Waals surface area contributed by atoms with Crippen molar-refractivity contribution in [2.24, 2.45) is 0 Å². The van der Waals surface area contributed by atoms with Gasteiger partial charge in [-0.15, -0.1) is 0 Å². The van der Waals surface area contributed by atoms with Gasteiger partial charge in [-0.25, -0.2) is 14.6 Å². The van der Waals surface area contributed by atoms with Crippen molar-refractivity contribution < 1.29 is 4.74 Å². The second-order valence-corrected chi connectivity index (χ2v) is 8.90. The van der Waals surface area contributed by atoms with Gasteiger partial charge in [0.25, 0.3) is 0 Å². The molecule has 2 fully saturated rings. The number of rotatable bonds is 6. The number of nitrogen functional groups attached to an aromatic ring is 1. The predicted molar refractivity (Wildman–Crippen MR) is 118 cm³/mol. The van der Waals surface area contributed by atoms with Crippen LogP contribution in [-0.4, -0.2) is 82.0 Å². The number of hydrogen-bond acceptors (Lipinski definition) is 7. The Morgan fingerprint density at radius 2 is 1.82 bits per heavy atom. The van der Waals surface area contributed by atoms with Crippen molar-refractivity contribution in [1.82, 2.24) is 29.5 Å². The van der Waals surface area contributed by atoms with Crippen molar-refractivity contribution in [3.05, 3.63) is 10.0 Å². The van der Waals surface area contributed by atoms with E-state index >= 15 is 0 Å². The molecule has 4 rings (SSSR count). The van der Waals surface area contributed by atoms with Gasteiger partial charge in [0.2, 0.25) is 0 Å². The molecule has 2 aromatic rings. The van der Waals surface area contributed by atoms with Crippen molar-refractivity contribution in [3.8, 4) is 0 Å². The van der Waals surface area contributed by atoms with Gasteiger partial charge in [-0.2, -0.15) is 5.10 Å². The van der Waals surface area contributed by atoms with E-state index in [0.29, 0.717) is 17.9 Å². The summed E-state index contributed by atoms with van der Waals surface area (Å²) in [5, 5.41) is 5.65. The first kappa shape index (κ1) is 20.2. The number of methoxy groups -OCH3 is 1. The average Bonchev–Trinajstić information content (AvgIpc) is 3.07. The summed E-state index contributed by atoms with van der Waals surface area (Å²) in [4.78, 5) is 13.9. The molecule has 0 radical (unpaired) electrons. The van der Waals surface area contributed by atoms with Crippen molar-refractivity contribution in [2.75, 3.05) is 52.2 Å². The quantitative estimate of drug-likeness (QED) is 0.482. The Balaban J connectivity index is 1.32. The topological polar surface area (TPSA) is 85.3 Å². The van der Waals surface area contributed by atoms with Crippen molar-refractivity contribution in [1.29, 1.82) is 0 Å². The number of aromatic nitrogens is 4. The Morgan fingerprint density at radius 1 is 1.11 bits per heavy atom. The zero-order chi connectivity index (χ0) is 19.5. The average molecular weight is 499 g/mol. The normalized spacial score (nSPS) is 24.8. The second kappa shape index (κ2) is 9.19. The van der Waals surface area contributed by atoms with E-state index < -0.39 is 0 Å². The first-order valence-electron chi connectivity index (χ1n) is 10.3. The minimum atomic E-state index is 0.409. The molecule has 0 amide bonds. The van der Waals surface area contributed by atoms with Gasteiger partial charge in [-0.3, -0.25) is 4.90 Å². The Kier molecular flexibility index (Phi) is 6.64. The van der Waals surface area contributed by atoms with Crippen LogP contribution in [0.4, 0.5) is 5.82 Å². The molecule has 0 spiro atoms. The van der Waals surface area contributed by atoms with Crippen LogP contribution in [0.2, 0.25) is 0 Å². The second-order valence-electron chi connectivity index (χ2n) is 7.88. The summed E-state index contributed by atoms with van der Waals surface area (Å²) < 4.78 is 8.17. The molecule has 1 aliphatic heterocycles. The molecule has 3 heterocycles. The lowest BCUT2D eigenvalue weighted by atomic mass is 9.90. The summed E-state index contributed by atoms with van der Waals surface area (Å²) in [6.45, 7) is 6.76. The minimum Gasteiger partial charge on any atom is -0.385 e. The van der Waals surface area contributed by atoms with Gasteiger partial charge in [0.05, 0.1) is 11.4 Å². The molecule has 28 heavy (non-hydrogen) atoms. The van der Waals surface area contributed by atoms with Gasteiger partial charge in [0.1, 0.15) is 15.8 Å². The molecule has 1 saturated heterocycles. The van der Waals surface area contributed by atoms with E-state index in [1.54, 1.807) is 13.4 Å². The summed E-state index contributed by atoms with van der Waals surface area (Å²) >= 11 is 2.24. The van der Waals surface area contributed by atoms with Crippen LogP contribution >= 0.6 is 22.6 Å². The monoisotopic (exact) mass is 499 g/mol. The van der Waals surface area contributed by atoms with E-state index in [2.05, 4.69) is 47.0 Å². The number of nitrogens with two attached hydrogens (primary N) is 1. The van der Waals surface area contributed by atoms with E-state index in [1.807, 2.05) is 0 Å². The number of nitrogens with zero attached hydrogens (tertiary/aromatic N) is 6. The lowest BCUT2D eigenvalue weighted by molar-refractivity contribution is 0.0661. The third-order valence-electron chi connectivity index (χ3n) is 6.23. The molecule has 1 saturated carbocycles. The molecule has 0 unspecified atom stereocenters. The molecule has 0 bridgehead atoms. The SMILES string of the molecule is COCCCN1CCN(C2CCC(n3nc(I)c4c(N)ncnc43)CC2)CC1. The van der Waals surface area contributed by atoms with Crippen LogP contribution in [0, 0.1) is 3.70 Å². The van der Waals surface area contributed by atoms with Gasteiger partial charge < -0.3 is 15.4 Å². The lowest BCUT2D eigenvalue weighted by Gasteiger charge is -2.42. The molecule has 9 heteroatoms. The number of anilines is 1. The van der Waals surface area contributed by atoms with Crippen molar-refractivity contribution >= 4 is 39.4 Å². The van der Waals surface area contributed by atoms with Crippen LogP contribution in [0.15, 0.2) is 6.33 Å². The van der Waals surface area contributed by atoms with E-state index in [1.165, 1.54) is 39.0 Å². The minimum absolute atomic E-state index is 0.409. The number of piperazine rings is 1. The number of hydrogen-bond donors (Lipinski definition) is 1. The fourth-order valence-electron chi connectivity index (χ4n) is 4.66. The third kappa shape index (κ3) is 4.27. The maximum Gasteiger partial charge on any atom is 0.164 e. The van der Waals surface area contributed by atoms with Crippen LogP contribution in [0.1, 0.15) is 38.1 Å². The van der Waals surface area contributed by atoms with Gasteiger partial charge >= 0.3 is 0 Å². The van der Waals surface area contributed by atoms with E-state index in [4.69, 9.17) is 15.6 Å². The standard InChI is InChI=1S/C19H30IN7O/c1-28-12-2-7-25-8-10-26(11-9-25)14-3-5-15(6-4-14)27-19-16(17(20)24-27)18(21)22-13-23-19/h13-15H,2-12H2,1H3,(H2,21,22,23).